The van der Waals surface area contributed by atoms with E-state index in [0.717, 1.165) is 0 Å². The van der Waals surface area contributed by atoms with E-state index in [1.807, 2.05) is 0 Å². The molecule has 1 aromatic carbocycles. The number of methoxy groups -OCH3 is 1. The highest BCUT2D eigenvalue weighted by atomic mass is 32.2. The predicted molar refractivity (Wildman–Crippen MR) is 111 cm³/mol. The zero-order valence-corrected chi connectivity index (χ0v) is 18.3. The third kappa shape index (κ3) is 7.60. The molecule has 9 heteroatoms. The number of amides is 1. The molecule has 0 N–H and O–H groups in total. The monoisotopic (exact) mass is 426 g/mol. The molecule has 0 aliphatic rings. The van der Waals surface area contributed by atoms with Crippen LogP contribution in [0.5, 0.6) is 0 Å². The lowest BCUT2D eigenvalue weighted by molar-refractivity contribution is -0.148. The Hall–Kier alpha value is -2.23. The minimum atomic E-state index is -3.52. The van der Waals surface area contributed by atoms with Gasteiger partial charge in [0, 0.05) is 32.8 Å². The highest BCUT2D eigenvalue weighted by Gasteiger charge is 2.21. The Morgan fingerprint density at radius 3 is 2.21 bits per heavy atom. The van der Waals surface area contributed by atoms with E-state index in [4.69, 9.17) is 9.47 Å². The maximum Gasteiger partial charge on any atom is 0.325 e. The molecule has 0 aliphatic heterocycles. The Bertz CT molecular complexity index is 786. The van der Waals surface area contributed by atoms with Gasteiger partial charge in [0.2, 0.25) is 15.9 Å². The van der Waals surface area contributed by atoms with Crippen LogP contribution in [-0.4, -0.2) is 76.0 Å². The molecular formula is C20H30N2O6S. The van der Waals surface area contributed by atoms with Crippen LogP contribution in [0.4, 0.5) is 0 Å². The molecule has 0 spiro atoms. The molecule has 162 valence electrons. The van der Waals surface area contributed by atoms with Gasteiger partial charge < -0.3 is 14.4 Å². The standard InChI is InChI=1S/C20H30N2O6S/c1-5-22(6-2)29(25,26)18-11-8-17(9-12-18)10-13-19(23)21(14-15-27-4)16-20(24)28-7-3/h8-13H,5-7,14-16H2,1-4H3/b13-10+. The van der Waals surface area contributed by atoms with Gasteiger partial charge in [-0.15, -0.1) is 0 Å². The first-order valence-corrected chi connectivity index (χ1v) is 11.0. The molecule has 0 saturated heterocycles. The lowest BCUT2D eigenvalue weighted by Gasteiger charge is -2.19. The van der Waals surface area contributed by atoms with Crippen molar-refractivity contribution in [2.75, 3.05) is 46.5 Å². The first-order chi connectivity index (χ1) is 13.8. The van der Waals surface area contributed by atoms with Crippen molar-refractivity contribution in [3.05, 3.63) is 35.9 Å². The van der Waals surface area contributed by atoms with Gasteiger partial charge in [-0.2, -0.15) is 4.31 Å². The summed E-state index contributed by atoms with van der Waals surface area (Å²) in [4.78, 5) is 25.7. The van der Waals surface area contributed by atoms with Crippen molar-refractivity contribution in [2.45, 2.75) is 25.7 Å². The first kappa shape index (κ1) is 24.8. The Kier molecular flexibility index (Phi) is 10.6. The van der Waals surface area contributed by atoms with Crippen LogP contribution in [0.1, 0.15) is 26.3 Å². The summed E-state index contributed by atoms with van der Waals surface area (Å²) < 4.78 is 36.3. The lowest BCUT2D eigenvalue weighted by atomic mass is 10.2. The number of esters is 1. The molecule has 0 radical (unpaired) electrons. The molecule has 1 rings (SSSR count). The van der Waals surface area contributed by atoms with Crippen LogP contribution >= 0.6 is 0 Å². The quantitative estimate of drug-likeness (QED) is 0.374. The van der Waals surface area contributed by atoms with Crippen molar-refractivity contribution >= 4 is 28.0 Å². The summed E-state index contributed by atoms with van der Waals surface area (Å²) in [5, 5.41) is 0. The zero-order valence-electron chi connectivity index (χ0n) is 17.5. The minimum absolute atomic E-state index is 0.165. The number of nitrogens with zero attached hydrogens (tertiary/aromatic N) is 2. The summed E-state index contributed by atoms with van der Waals surface area (Å²) >= 11 is 0. The van der Waals surface area contributed by atoms with E-state index in [1.165, 1.54) is 34.5 Å². The summed E-state index contributed by atoms with van der Waals surface area (Å²) in [6, 6.07) is 6.29. The topological polar surface area (TPSA) is 93.2 Å². The van der Waals surface area contributed by atoms with Crippen LogP contribution in [0.3, 0.4) is 0 Å². The summed E-state index contributed by atoms with van der Waals surface area (Å²) in [6.07, 6.45) is 2.91. The fourth-order valence-corrected chi connectivity index (χ4v) is 4.03. The SMILES string of the molecule is CCOC(=O)CN(CCOC)C(=O)/C=C/c1ccc(S(=O)(=O)N(CC)CC)cc1. The summed E-state index contributed by atoms with van der Waals surface area (Å²) in [6.45, 7) is 6.68. The van der Waals surface area contributed by atoms with Gasteiger partial charge in [0.25, 0.3) is 0 Å². The molecule has 0 unspecified atom stereocenters. The van der Waals surface area contributed by atoms with Gasteiger partial charge in [0.05, 0.1) is 18.1 Å². The van der Waals surface area contributed by atoms with Gasteiger partial charge >= 0.3 is 5.97 Å². The molecule has 0 fully saturated rings. The van der Waals surface area contributed by atoms with E-state index in [9.17, 15) is 18.0 Å². The molecule has 0 atom stereocenters. The lowest BCUT2D eigenvalue weighted by Crippen LogP contribution is -2.37. The van der Waals surface area contributed by atoms with Crippen LogP contribution in [0, 0.1) is 0 Å². The van der Waals surface area contributed by atoms with Crippen LogP contribution < -0.4 is 0 Å². The van der Waals surface area contributed by atoms with Gasteiger partial charge in [0.1, 0.15) is 6.54 Å². The van der Waals surface area contributed by atoms with E-state index < -0.39 is 16.0 Å². The second-order valence-corrected chi connectivity index (χ2v) is 7.99. The Labute approximate surface area is 173 Å². The van der Waals surface area contributed by atoms with Crippen molar-refractivity contribution in [3.8, 4) is 0 Å². The second kappa shape index (κ2) is 12.4. The second-order valence-electron chi connectivity index (χ2n) is 6.05. The Balaban J connectivity index is 2.89. The Morgan fingerprint density at radius 2 is 1.69 bits per heavy atom. The molecule has 1 amide bonds. The zero-order chi connectivity index (χ0) is 21.9. The third-order valence-electron chi connectivity index (χ3n) is 4.14. The molecule has 0 bridgehead atoms. The summed E-state index contributed by atoms with van der Waals surface area (Å²) in [5.74, 6) is -0.855. The number of rotatable bonds is 12. The highest BCUT2D eigenvalue weighted by molar-refractivity contribution is 7.89. The fourth-order valence-electron chi connectivity index (χ4n) is 2.57. The smallest absolute Gasteiger partial charge is 0.325 e. The molecule has 29 heavy (non-hydrogen) atoms. The number of benzene rings is 1. The van der Waals surface area contributed by atoms with Gasteiger partial charge in [0.15, 0.2) is 0 Å². The number of hydrogen-bond acceptors (Lipinski definition) is 6. The van der Waals surface area contributed by atoms with Crippen molar-refractivity contribution in [1.29, 1.82) is 0 Å². The van der Waals surface area contributed by atoms with Crippen molar-refractivity contribution in [3.63, 3.8) is 0 Å². The van der Waals surface area contributed by atoms with Crippen LogP contribution in [0.15, 0.2) is 35.2 Å². The predicted octanol–water partition coefficient (Wildman–Crippen LogP) is 1.77. The molecule has 0 aliphatic carbocycles. The maximum atomic E-state index is 12.5. The largest absolute Gasteiger partial charge is 0.465 e. The van der Waals surface area contributed by atoms with E-state index >= 15 is 0 Å². The normalized spacial score (nSPS) is 11.8. The van der Waals surface area contributed by atoms with Crippen LogP contribution in [0.25, 0.3) is 6.08 Å². The Morgan fingerprint density at radius 1 is 1.07 bits per heavy atom. The van der Waals surface area contributed by atoms with E-state index in [-0.39, 0.29) is 37.1 Å². The number of ether oxygens (including phenoxy) is 2. The van der Waals surface area contributed by atoms with Gasteiger partial charge in [-0.25, -0.2) is 8.42 Å². The van der Waals surface area contributed by atoms with Gasteiger partial charge in [-0.3, -0.25) is 9.59 Å². The minimum Gasteiger partial charge on any atom is -0.465 e. The van der Waals surface area contributed by atoms with Crippen molar-refractivity contribution in [1.82, 2.24) is 9.21 Å². The third-order valence-corrected chi connectivity index (χ3v) is 6.21. The van der Waals surface area contributed by atoms with E-state index in [2.05, 4.69) is 0 Å². The van der Waals surface area contributed by atoms with Crippen molar-refractivity contribution in [2.24, 2.45) is 0 Å². The summed E-state index contributed by atoms with van der Waals surface area (Å²) in [7, 11) is -2.01. The number of carbonyl (C=O) groups is 2. The highest BCUT2D eigenvalue weighted by Crippen LogP contribution is 2.16. The molecule has 0 heterocycles. The first-order valence-electron chi connectivity index (χ1n) is 9.51. The molecule has 8 nitrogen and oxygen atoms in total. The van der Waals surface area contributed by atoms with E-state index in [1.54, 1.807) is 39.0 Å². The molecule has 1 aromatic rings. The molecular weight excluding hydrogens is 396 g/mol. The van der Waals surface area contributed by atoms with Gasteiger partial charge in [-0.05, 0) is 30.7 Å². The van der Waals surface area contributed by atoms with E-state index in [0.29, 0.717) is 18.7 Å². The molecule has 0 aromatic heterocycles. The van der Waals surface area contributed by atoms with Crippen LogP contribution in [0.2, 0.25) is 0 Å². The average molecular weight is 427 g/mol. The maximum absolute atomic E-state index is 12.5. The number of sulfonamides is 1. The fraction of sp³-hybridized carbons (Fsp3) is 0.500. The number of hydrogen-bond donors (Lipinski definition) is 0. The van der Waals surface area contributed by atoms with Gasteiger partial charge in [-0.1, -0.05) is 26.0 Å². The molecule has 0 saturated carbocycles. The van der Waals surface area contributed by atoms with Crippen molar-refractivity contribution < 1.29 is 27.5 Å². The van der Waals surface area contributed by atoms with Crippen LogP contribution in [-0.2, 0) is 29.1 Å². The summed E-state index contributed by atoms with van der Waals surface area (Å²) in [5.41, 5.74) is 0.666. The number of carbonyl (C=O) groups excluding carboxylic acids is 2. The average Bonchev–Trinajstić information content (AvgIpc) is 2.70.